The van der Waals surface area contributed by atoms with E-state index in [1.54, 1.807) is 0 Å². The summed E-state index contributed by atoms with van der Waals surface area (Å²) in [4.78, 5) is 14.4. The minimum absolute atomic E-state index is 0.0386. The number of carboxylic acid groups (broad SMARTS) is 1. The Kier molecular flexibility index (Phi) is 2.90. The summed E-state index contributed by atoms with van der Waals surface area (Å²) < 4.78 is 37.7. The molecule has 0 atom stereocenters. The summed E-state index contributed by atoms with van der Waals surface area (Å²) >= 11 is 5.52. The van der Waals surface area contributed by atoms with Gasteiger partial charge in [0, 0.05) is 11.6 Å². The number of aromatic carboxylic acids is 1. The monoisotopic (exact) mass is 275 g/mol. The minimum atomic E-state index is -4.57. The molecule has 0 aliphatic carbocycles. The zero-order valence-electron chi connectivity index (χ0n) is 8.62. The molecule has 0 radical (unpaired) electrons. The van der Waals surface area contributed by atoms with E-state index >= 15 is 0 Å². The fourth-order valence-electron chi connectivity index (χ4n) is 1.48. The Bertz CT molecular complexity index is 640. The van der Waals surface area contributed by atoms with Crippen LogP contribution in [0.3, 0.4) is 0 Å². The average Bonchev–Trinajstić information content (AvgIpc) is 2.25. The molecule has 0 amide bonds. The molecule has 1 N–H and O–H groups in total. The highest BCUT2D eigenvalue weighted by molar-refractivity contribution is 6.32. The van der Waals surface area contributed by atoms with Crippen LogP contribution in [0.5, 0.6) is 0 Å². The number of carbonyl (C=O) groups is 1. The molecule has 0 spiro atoms. The second kappa shape index (κ2) is 4.13. The number of hydrogen-bond acceptors (Lipinski definition) is 2. The summed E-state index contributed by atoms with van der Waals surface area (Å²) in [6.07, 6.45) is -3.57. The topological polar surface area (TPSA) is 50.2 Å². The van der Waals surface area contributed by atoms with E-state index in [4.69, 9.17) is 16.7 Å². The Morgan fingerprint density at radius 2 is 1.94 bits per heavy atom. The van der Waals surface area contributed by atoms with Crippen molar-refractivity contribution >= 4 is 28.5 Å². The molecule has 0 unspecified atom stereocenters. The largest absolute Gasteiger partial charge is 0.478 e. The van der Waals surface area contributed by atoms with Gasteiger partial charge in [-0.2, -0.15) is 13.2 Å². The quantitative estimate of drug-likeness (QED) is 0.865. The summed E-state index contributed by atoms with van der Waals surface area (Å²) in [5.41, 5.74) is -1.07. The Balaban J connectivity index is 2.68. The summed E-state index contributed by atoms with van der Waals surface area (Å²) in [5.74, 6) is -1.21. The standard InChI is InChI=1S/C11H5ClF3NO2/c12-8-2-5-1-6(10(17)18)4-16-9(5)3-7(8)11(13,14)15/h1-4H,(H,17,18). The van der Waals surface area contributed by atoms with Gasteiger partial charge in [-0.3, -0.25) is 4.98 Å². The Morgan fingerprint density at radius 3 is 2.50 bits per heavy atom. The predicted molar refractivity (Wildman–Crippen MR) is 58.7 cm³/mol. The smallest absolute Gasteiger partial charge is 0.417 e. The first-order valence-corrected chi connectivity index (χ1v) is 5.06. The molecule has 0 aliphatic heterocycles. The van der Waals surface area contributed by atoms with Crippen molar-refractivity contribution in [2.24, 2.45) is 0 Å². The Morgan fingerprint density at radius 1 is 1.28 bits per heavy atom. The Hall–Kier alpha value is -1.82. The van der Waals surface area contributed by atoms with E-state index in [9.17, 15) is 18.0 Å². The van der Waals surface area contributed by atoms with Gasteiger partial charge in [-0.1, -0.05) is 11.6 Å². The van der Waals surface area contributed by atoms with Crippen LogP contribution in [0.4, 0.5) is 13.2 Å². The van der Waals surface area contributed by atoms with Gasteiger partial charge < -0.3 is 5.11 Å². The molecule has 7 heteroatoms. The molecular formula is C11H5ClF3NO2. The van der Waals surface area contributed by atoms with Crippen LogP contribution in [0.1, 0.15) is 15.9 Å². The number of halogens is 4. The van der Waals surface area contributed by atoms with Crippen molar-refractivity contribution in [1.29, 1.82) is 0 Å². The molecular weight excluding hydrogens is 271 g/mol. The Labute approximate surface area is 104 Å². The van der Waals surface area contributed by atoms with Gasteiger partial charge in [0.25, 0.3) is 0 Å². The summed E-state index contributed by atoms with van der Waals surface area (Å²) in [7, 11) is 0. The van der Waals surface area contributed by atoms with Crippen molar-refractivity contribution in [3.05, 3.63) is 40.5 Å². The molecule has 1 heterocycles. The minimum Gasteiger partial charge on any atom is -0.478 e. The van der Waals surface area contributed by atoms with E-state index in [0.717, 1.165) is 18.3 Å². The number of hydrogen-bond donors (Lipinski definition) is 1. The average molecular weight is 276 g/mol. The fourth-order valence-corrected chi connectivity index (χ4v) is 1.76. The third-order valence-electron chi connectivity index (χ3n) is 2.32. The summed E-state index contributed by atoms with van der Waals surface area (Å²) in [5, 5.41) is 8.50. The molecule has 2 aromatic rings. The number of nitrogens with zero attached hydrogens (tertiary/aromatic N) is 1. The van der Waals surface area contributed by atoms with Crippen molar-refractivity contribution in [3.63, 3.8) is 0 Å². The van der Waals surface area contributed by atoms with Gasteiger partial charge >= 0.3 is 12.1 Å². The number of alkyl halides is 3. The van der Waals surface area contributed by atoms with Crippen molar-refractivity contribution in [3.8, 4) is 0 Å². The number of benzene rings is 1. The van der Waals surface area contributed by atoms with E-state index in [2.05, 4.69) is 4.98 Å². The summed E-state index contributed by atoms with van der Waals surface area (Å²) in [6, 6.07) is 3.07. The van der Waals surface area contributed by atoms with Crippen molar-refractivity contribution in [2.75, 3.05) is 0 Å². The lowest BCUT2D eigenvalue weighted by Gasteiger charge is -2.10. The number of fused-ring (bicyclic) bond motifs is 1. The van der Waals surface area contributed by atoms with Gasteiger partial charge in [-0.15, -0.1) is 0 Å². The normalized spacial score (nSPS) is 11.8. The zero-order chi connectivity index (χ0) is 13.5. The van der Waals surface area contributed by atoms with Crippen LogP contribution in [0.15, 0.2) is 24.4 Å². The zero-order valence-corrected chi connectivity index (χ0v) is 9.38. The van der Waals surface area contributed by atoms with Gasteiger partial charge in [0.2, 0.25) is 0 Å². The second-order valence-electron chi connectivity index (χ2n) is 3.55. The van der Waals surface area contributed by atoms with E-state index in [1.807, 2.05) is 0 Å². The van der Waals surface area contributed by atoms with Crippen LogP contribution >= 0.6 is 11.6 Å². The molecule has 0 fully saturated rings. The maximum Gasteiger partial charge on any atom is 0.417 e. The van der Waals surface area contributed by atoms with Crippen LogP contribution in [-0.2, 0) is 6.18 Å². The molecule has 1 aromatic carbocycles. The molecule has 3 nitrogen and oxygen atoms in total. The van der Waals surface area contributed by atoms with E-state index in [0.29, 0.717) is 0 Å². The number of pyridine rings is 1. The van der Waals surface area contributed by atoms with Crippen molar-refractivity contribution in [1.82, 2.24) is 4.98 Å². The first-order valence-electron chi connectivity index (χ1n) is 4.69. The molecule has 0 bridgehead atoms. The molecule has 0 saturated carbocycles. The first kappa shape index (κ1) is 12.6. The number of aromatic nitrogens is 1. The molecule has 0 aliphatic rings. The lowest BCUT2D eigenvalue weighted by atomic mass is 10.1. The molecule has 18 heavy (non-hydrogen) atoms. The van der Waals surface area contributed by atoms with Crippen molar-refractivity contribution in [2.45, 2.75) is 6.18 Å². The third-order valence-corrected chi connectivity index (χ3v) is 2.64. The fraction of sp³-hybridized carbons (Fsp3) is 0.0909. The highest BCUT2D eigenvalue weighted by Gasteiger charge is 2.33. The second-order valence-corrected chi connectivity index (χ2v) is 3.96. The molecule has 0 saturated heterocycles. The van der Waals surface area contributed by atoms with Gasteiger partial charge in [-0.05, 0) is 18.2 Å². The maximum atomic E-state index is 12.6. The third kappa shape index (κ3) is 2.24. The van der Waals surface area contributed by atoms with Crippen LogP contribution in [-0.4, -0.2) is 16.1 Å². The summed E-state index contributed by atoms with van der Waals surface area (Å²) in [6.45, 7) is 0. The highest BCUT2D eigenvalue weighted by atomic mass is 35.5. The number of carboxylic acids is 1. The lowest BCUT2D eigenvalue weighted by Crippen LogP contribution is -2.06. The maximum absolute atomic E-state index is 12.6. The van der Waals surface area contributed by atoms with Gasteiger partial charge in [0.05, 0.1) is 21.7 Å². The van der Waals surface area contributed by atoms with E-state index in [-0.39, 0.29) is 16.5 Å². The molecule has 94 valence electrons. The van der Waals surface area contributed by atoms with Crippen molar-refractivity contribution < 1.29 is 23.1 Å². The van der Waals surface area contributed by atoms with Crippen LogP contribution in [0.25, 0.3) is 10.9 Å². The van der Waals surface area contributed by atoms with Gasteiger partial charge in [-0.25, -0.2) is 4.79 Å². The van der Waals surface area contributed by atoms with Gasteiger partial charge in [0.1, 0.15) is 0 Å². The SMILES string of the molecule is O=C(O)c1cnc2cc(C(F)(F)F)c(Cl)cc2c1. The van der Waals surface area contributed by atoms with Crippen LogP contribution in [0.2, 0.25) is 5.02 Å². The van der Waals surface area contributed by atoms with Gasteiger partial charge in [0.15, 0.2) is 0 Å². The van der Waals surface area contributed by atoms with Crippen LogP contribution < -0.4 is 0 Å². The first-order chi connectivity index (χ1) is 8.29. The van der Waals surface area contributed by atoms with E-state index in [1.165, 1.54) is 6.07 Å². The molecule has 1 aromatic heterocycles. The lowest BCUT2D eigenvalue weighted by molar-refractivity contribution is -0.137. The highest BCUT2D eigenvalue weighted by Crippen LogP contribution is 2.36. The molecule has 2 rings (SSSR count). The van der Waals surface area contributed by atoms with Crippen LogP contribution in [0, 0.1) is 0 Å². The number of rotatable bonds is 1. The van der Waals surface area contributed by atoms with E-state index < -0.39 is 22.7 Å². The predicted octanol–water partition coefficient (Wildman–Crippen LogP) is 3.61.